The Labute approximate surface area is 88.7 Å². The molecular formula is C12H25NO. The van der Waals surface area contributed by atoms with Crippen LogP contribution in [-0.4, -0.2) is 25.8 Å². The van der Waals surface area contributed by atoms with E-state index in [0.717, 1.165) is 39.0 Å². The fourth-order valence-electron chi connectivity index (χ4n) is 1.28. The molecule has 0 aliphatic heterocycles. The van der Waals surface area contributed by atoms with Crippen LogP contribution in [0.1, 0.15) is 39.5 Å². The van der Waals surface area contributed by atoms with E-state index in [1.54, 1.807) is 0 Å². The summed E-state index contributed by atoms with van der Waals surface area (Å²) in [5, 5.41) is 3.49. The minimum atomic E-state index is 0.500. The molecule has 1 N–H and O–H groups in total. The standard InChI is InChI=1S/C12H25NO/c1-4-7-8-12(13-9-5-2)11-14-10-6-3/h4,12-13H,1,5-11H2,2-3H3. The SMILES string of the molecule is C=CCCC(COCCC)NCCC. The van der Waals surface area contributed by atoms with Crippen LogP contribution >= 0.6 is 0 Å². The smallest absolute Gasteiger partial charge is 0.0619 e. The third-order valence-corrected chi connectivity index (χ3v) is 2.07. The van der Waals surface area contributed by atoms with E-state index in [1.165, 1.54) is 6.42 Å². The number of rotatable bonds is 10. The summed E-state index contributed by atoms with van der Waals surface area (Å²) in [5.74, 6) is 0. The van der Waals surface area contributed by atoms with Crippen LogP contribution in [0.2, 0.25) is 0 Å². The molecule has 0 bridgehead atoms. The molecule has 0 aliphatic carbocycles. The van der Waals surface area contributed by atoms with E-state index in [0.29, 0.717) is 6.04 Å². The Morgan fingerprint density at radius 2 is 2.14 bits per heavy atom. The Balaban J connectivity index is 3.54. The third-order valence-electron chi connectivity index (χ3n) is 2.07. The molecule has 0 aliphatic rings. The summed E-state index contributed by atoms with van der Waals surface area (Å²) < 4.78 is 5.54. The van der Waals surface area contributed by atoms with E-state index in [1.807, 2.05) is 6.08 Å². The van der Waals surface area contributed by atoms with Gasteiger partial charge in [-0.25, -0.2) is 0 Å². The predicted octanol–water partition coefficient (Wildman–Crippen LogP) is 2.75. The molecule has 0 aromatic rings. The van der Waals surface area contributed by atoms with Gasteiger partial charge in [-0.15, -0.1) is 6.58 Å². The number of allylic oxidation sites excluding steroid dienone is 1. The summed E-state index contributed by atoms with van der Waals surface area (Å²) in [7, 11) is 0. The van der Waals surface area contributed by atoms with Gasteiger partial charge in [0.1, 0.15) is 0 Å². The highest BCUT2D eigenvalue weighted by Gasteiger charge is 2.05. The Morgan fingerprint density at radius 1 is 1.36 bits per heavy atom. The summed E-state index contributed by atoms with van der Waals surface area (Å²) >= 11 is 0. The van der Waals surface area contributed by atoms with Gasteiger partial charge in [0.2, 0.25) is 0 Å². The van der Waals surface area contributed by atoms with Gasteiger partial charge in [0.05, 0.1) is 6.61 Å². The van der Waals surface area contributed by atoms with Crippen molar-refractivity contribution in [1.82, 2.24) is 5.32 Å². The molecule has 0 saturated carbocycles. The molecule has 14 heavy (non-hydrogen) atoms. The lowest BCUT2D eigenvalue weighted by Gasteiger charge is -2.17. The van der Waals surface area contributed by atoms with Gasteiger partial charge in [-0.2, -0.15) is 0 Å². The maximum atomic E-state index is 5.54. The lowest BCUT2D eigenvalue weighted by atomic mass is 10.1. The van der Waals surface area contributed by atoms with Crippen molar-refractivity contribution in [3.8, 4) is 0 Å². The van der Waals surface area contributed by atoms with Gasteiger partial charge in [-0.05, 0) is 32.2 Å². The van der Waals surface area contributed by atoms with Crippen molar-refractivity contribution in [3.05, 3.63) is 12.7 Å². The van der Waals surface area contributed by atoms with Crippen molar-refractivity contribution in [1.29, 1.82) is 0 Å². The molecule has 0 rings (SSSR count). The lowest BCUT2D eigenvalue weighted by Crippen LogP contribution is -2.34. The van der Waals surface area contributed by atoms with Gasteiger partial charge in [-0.1, -0.05) is 19.9 Å². The van der Waals surface area contributed by atoms with Crippen LogP contribution in [0.25, 0.3) is 0 Å². The van der Waals surface area contributed by atoms with Crippen molar-refractivity contribution in [3.63, 3.8) is 0 Å². The Bertz CT molecular complexity index is 125. The third kappa shape index (κ3) is 8.27. The quantitative estimate of drug-likeness (QED) is 0.431. The zero-order valence-electron chi connectivity index (χ0n) is 9.72. The molecule has 0 aromatic heterocycles. The highest BCUT2D eigenvalue weighted by atomic mass is 16.5. The molecule has 2 heteroatoms. The van der Waals surface area contributed by atoms with Crippen molar-refractivity contribution < 1.29 is 4.74 Å². The average molecular weight is 199 g/mol. The Morgan fingerprint density at radius 3 is 2.71 bits per heavy atom. The van der Waals surface area contributed by atoms with Crippen LogP contribution < -0.4 is 5.32 Å². The first kappa shape index (κ1) is 13.7. The first-order valence-corrected chi connectivity index (χ1v) is 5.77. The van der Waals surface area contributed by atoms with Gasteiger partial charge < -0.3 is 10.1 Å². The van der Waals surface area contributed by atoms with Crippen LogP contribution in [0.4, 0.5) is 0 Å². The van der Waals surface area contributed by atoms with Crippen LogP contribution in [0.3, 0.4) is 0 Å². The van der Waals surface area contributed by atoms with Crippen molar-refractivity contribution >= 4 is 0 Å². The zero-order chi connectivity index (χ0) is 10.6. The largest absolute Gasteiger partial charge is 0.380 e. The fraction of sp³-hybridized carbons (Fsp3) is 0.833. The maximum absolute atomic E-state index is 5.54. The molecule has 84 valence electrons. The minimum absolute atomic E-state index is 0.500. The van der Waals surface area contributed by atoms with Gasteiger partial charge in [0, 0.05) is 12.6 Å². The van der Waals surface area contributed by atoms with E-state index < -0.39 is 0 Å². The number of hydrogen-bond donors (Lipinski definition) is 1. The topological polar surface area (TPSA) is 21.3 Å². The lowest BCUT2D eigenvalue weighted by molar-refractivity contribution is 0.109. The molecule has 0 amide bonds. The van der Waals surface area contributed by atoms with Gasteiger partial charge >= 0.3 is 0 Å². The number of nitrogens with one attached hydrogen (secondary N) is 1. The summed E-state index contributed by atoms with van der Waals surface area (Å²) in [6.45, 7) is 10.9. The highest BCUT2D eigenvalue weighted by Crippen LogP contribution is 1.99. The second-order valence-electron chi connectivity index (χ2n) is 3.59. The second kappa shape index (κ2) is 10.7. The molecule has 0 aromatic carbocycles. The normalized spacial score (nSPS) is 12.7. The first-order chi connectivity index (χ1) is 6.85. The van der Waals surface area contributed by atoms with Crippen LogP contribution in [0.5, 0.6) is 0 Å². The number of hydrogen-bond acceptors (Lipinski definition) is 2. The summed E-state index contributed by atoms with van der Waals surface area (Å²) in [6, 6.07) is 0.500. The molecule has 0 heterocycles. The van der Waals surface area contributed by atoms with Crippen molar-refractivity contribution in [2.45, 2.75) is 45.6 Å². The molecule has 0 saturated heterocycles. The molecule has 0 radical (unpaired) electrons. The zero-order valence-corrected chi connectivity index (χ0v) is 9.72. The van der Waals surface area contributed by atoms with E-state index >= 15 is 0 Å². The van der Waals surface area contributed by atoms with Crippen LogP contribution in [0, 0.1) is 0 Å². The van der Waals surface area contributed by atoms with E-state index in [9.17, 15) is 0 Å². The minimum Gasteiger partial charge on any atom is -0.380 e. The summed E-state index contributed by atoms with van der Waals surface area (Å²) in [5.41, 5.74) is 0. The second-order valence-corrected chi connectivity index (χ2v) is 3.59. The molecular weight excluding hydrogens is 174 g/mol. The monoisotopic (exact) mass is 199 g/mol. The number of ether oxygens (including phenoxy) is 1. The molecule has 0 fully saturated rings. The van der Waals surface area contributed by atoms with Crippen LogP contribution in [0.15, 0.2) is 12.7 Å². The summed E-state index contributed by atoms with van der Waals surface area (Å²) in [4.78, 5) is 0. The van der Waals surface area contributed by atoms with E-state index in [-0.39, 0.29) is 0 Å². The summed E-state index contributed by atoms with van der Waals surface area (Å²) in [6.07, 6.45) is 6.45. The fourth-order valence-corrected chi connectivity index (χ4v) is 1.28. The van der Waals surface area contributed by atoms with Crippen LogP contribution in [-0.2, 0) is 4.74 Å². The molecule has 2 nitrogen and oxygen atoms in total. The van der Waals surface area contributed by atoms with Gasteiger partial charge in [-0.3, -0.25) is 0 Å². The highest BCUT2D eigenvalue weighted by molar-refractivity contribution is 4.73. The van der Waals surface area contributed by atoms with Crippen molar-refractivity contribution in [2.24, 2.45) is 0 Å². The van der Waals surface area contributed by atoms with E-state index in [4.69, 9.17) is 4.74 Å². The molecule has 1 atom stereocenters. The maximum Gasteiger partial charge on any atom is 0.0619 e. The van der Waals surface area contributed by atoms with Gasteiger partial charge in [0.25, 0.3) is 0 Å². The molecule has 0 spiro atoms. The Hall–Kier alpha value is -0.340. The predicted molar refractivity (Wildman–Crippen MR) is 62.6 cm³/mol. The average Bonchev–Trinajstić information content (AvgIpc) is 2.21. The molecule has 1 unspecified atom stereocenters. The van der Waals surface area contributed by atoms with Crippen molar-refractivity contribution in [2.75, 3.05) is 19.8 Å². The first-order valence-electron chi connectivity index (χ1n) is 5.77. The Kier molecular flexibility index (Phi) is 10.5. The van der Waals surface area contributed by atoms with Gasteiger partial charge in [0.15, 0.2) is 0 Å². The van der Waals surface area contributed by atoms with E-state index in [2.05, 4.69) is 25.7 Å².